The van der Waals surface area contributed by atoms with Crippen LogP contribution in [0.5, 0.6) is 0 Å². The number of halogens is 3. The second-order valence-corrected chi connectivity index (χ2v) is 11.4. The summed E-state index contributed by atoms with van der Waals surface area (Å²) < 4.78 is 46.4. The Kier molecular flexibility index (Phi) is 8.00. The third-order valence-corrected chi connectivity index (χ3v) is 7.04. The summed E-state index contributed by atoms with van der Waals surface area (Å²) >= 11 is 0. The molecule has 0 radical (unpaired) electrons. The van der Waals surface area contributed by atoms with Crippen molar-refractivity contribution in [2.24, 2.45) is 0 Å². The molecule has 226 valence electrons. The Morgan fingerprint density at radius 2 is 1.84 bits per heavy atom. The van der Waals surface area contributed by atoms with Crippen LogP contribution < -0.4 is 11.1 Å². The summed E-state index contributed by atoms with van der Waals surface area (Å²) in [5, 5.41) is 8.12. The van der Waals surface area contributed by atoms with Gasteiger partial charge in [-0.3, -0.25) is 4.79 Å². The Hall–Kier alpha value is -4.68. The van der Waals surface area contributed by atoms with Gasteiger partial charge in [0.1, 0.15) is 23.4 Å². The number of likely N-dealkylation sites (tertiary alicyclic amines) is 1. The van der Waals surface area contributed by atoms with Crippen molar-refractivity contribution in [1.82, 2.24) is 30.0 Å². The first kappa shape index (κ1) is 29.8. The number of fused-ring (bicyclic) bond motifs is 1. The number of alkyl halides is 3. The highest BCUT2D eigenvalue weighted by Gasteiger charge is 2.32. The van der Waals surface area contributed by atoms with Gasteiger partial charge in [-0.1, -0.05) is 30.3 Å². The summed E-state index contributed by atoms with van der Waals surface area (Å²) in [4.78, 5) is 35.6. The van der Waals surface area contributed by atoms with Crippen molar-refractivity contribution in [2.75, 3.05) is 18.8 Å². The molecule has 3 heterocycles. The zero-order valence-corrected chi connectivity index (χ0v) is 24.0. The van der Waals surface area contributed by atoms with Gasteiger partial charge >= 0.3 is 12.3 Å². The molecular formula is C30H32F3N7O3. The molecule has 1 aliphatic rings. The topological polar surface area (TPSA) is 128 Å². The first-order valence-corrected chi connectivity index (χ1v) is 13.8. The quantitative estimate of drug-likeness (QED) is 0.308. The largest absolute Gasteiger partial charge is 0.444 e. The number of nitrogen functional groups attached to an aromatic ring is 1. The molecule has 0 saturated carbocycles. The highest BCUT2D eigenvalue weighted by Crippen LogP contribution is 2.34. The third kappa shape index (κ3) is 6.71. The van der Waals surface area contributed by atoms with Crippen molar-refractivity contribution in [3.05, 3.63) is 71.5 Å². The van der Waals surface area contributed by atoms with Crippen LogP contribution in [0.2, 0.25) is 0 Å². The van der Waals surface area contributed by atoms with Crippen LogP contribution in [0.15, 0.2) is 54.9 Å². The fourth-order valence-electron chi connectivity index (χ4n) is 5.00. The van der Waals surface area contributed by atoms with E-state index in [1.54, 1.807) is 21.7 Å². The van der Waals surface area contributed by atoms with E-state index in [9.17, 15) is 22.8 Å². The van der Waals surface area contributed by atoms with Crippen LogP contribution >= 0.6 is 0 Å². The molecule has 1 saturated heterocycles. The monoisotopic (exact) mass is 595 g/mol. The van der Waals surface area contributed by atoms with Gasteiger partial charge in [0.2, 0.25) is 0 Å². The van der Waals surface area contributed by atoms with Gasteiger partial charge in [-0.25, -0.2) is 19.4 Å². The van der Waals surface area contributed by atoms with Gasteiger partial charge in [0.05, 0.1) is 17.0 Å². The zero-order valence-electron chi connectivity index (χ0n) is 24.0. The van der Waals surface area contributed by atoms with E-state index in [1.165, 1.54) is 18.5 Å². The molecule has 0 spiro atoms. The van der Waals surface area contributed by atoms with Gasteiger partial charge in [-0.05, 0) is 57.4 Å². The number of nitrogens with zero attached hydrogens (tertiary/aromatic N) is 5. The number of hydrogen-bond acceptors (Lipinski definition) is 7. The van der Waals surface area contributed by atoms with Crippen LogP contribution in [0.3, 0.4) is 0 Å². The van der Waals surface area contributed by atoms with E-state index in [4.69, 9.17) is 15.6 Å². The summed E-state index contributed by atoms with van der Waals surface area (Å²) in [6.45, 7) is 6.58. The van der Waals surface area contributed by atoms with E-state index in [0.717, 1.165) is 36.1 Å². The first-order valence-electron chi connectivity index (χ1n) is 13.8. The molecule has 10 nitrogen and oxygen atoms in total. The smallest absolute Gasteiger partial charge is 0.416 e. The lowest BCUT2D eigenvalue weighted by atomic mass is 10.1. The van der Waals surface area contributed by atoms with Gasteiger partial charge in [0.25, 0.3) is 5.91 Å². The molecule has 2 aromatic carbocycles. The van der Waals surface area contributed by atoms with Crippen LogP contribution in [0.25, 0.3) is 22.3 Å². The Bertz CT molecular complexity index is 1650. The summed E-state index contributed by atoms with van der Waals surface area (Å²) in [7, 11) is 0. The number of nitrogens with two attached hydrogens (primary N) is 1. The van der Waals surface area contributed by atoms with E-state index >= 15 is 0 Å². The molecule has 2 aromatic heterocycles. The van der Waals surface area contributed by atoms with E-state index in [1.807, 2.05) is 32.9 Å². The zero-order chi connectivity index (χ0) is 30.9. The fourth-order valence-corrected chi connectivity index (χ4v) is 5.00. The van der Waals surface area contributed by atoms with Crippen molar-refractivity contribution >= 4 is 28.9 Å². The number of amides is 2. The van der Waals surface area contributed by atoms with E-state index in [-0.39, 0.29) is 30.1 Å². The molecule has 0 bridgehead atoms. The summed E-state index contributed by atoms with van der Waals surface area (Å²) in [5.41, 5.74) is 7.30. The lowest BCUT2D eigenvalue weighted by molar-refractivity contribution is -0.137. The molecule has 43 heavy (non-hydrogen) atoms. The lowest BCUT2D eigenvalue weighted by Crippen LogP contribution is -2.43. The van der Waals surface area contributed by atoms with Gasteiger partial charge < -0.3 is 20.7 Å². The highest BCUT2D eigenvalue weighted by molar-refractivity contribution is 5.98. The second-order valence-electron chi connectivity index (χ2n) is 11.4. The molecular weight excluding hydrogens is 563 g/mol. The number of rotatable bonds is 5. The average Bonchev–Trinajstić information content (AvgIpc) is 3.36. The molecule has 1 aliphatic heterocycles. The summed E-state index contributed by atoms with van der Waals surface area (Å²) in [5.74, 6) is -0.346. The number of nitrogens with one attached hydrogen (secondary N) is 1. The number of hydrogen-bond donors (Lipinski definition) is 2. The van der Waals surface area contributed by atoms with Crippen molar-refractivity contribution < 1.29 is 27.5 Å². The Morgan fingerprint density at radius 3 is 2.53 bits per heavy atom. The maximum absolute atomic E-state index is 13.0. The molecule has 0 aliphatic carbocycles. The van der Waals surface area contributed by atoms with Crippen molar-refractivity contribution in [1.29, 1.82) is 0 Å². The predicted octanol–water partition coefficient (Wildman–Crippen LogP) is 5.60. The third-order valence-electron chi connectivity index (χ3n) is 7.04. The molecule has 1 fully saturated rings. The van der Waals surface area contributed by atoms with Crippen molar-refractivity contribution in [2.45, 2.75) is 58.0 Å². The van der Waals surface area contributed by atoms with Crippen LogP contribution in [0, 0.1) is 0 Å². The standard InChI is InChI=1S/C30H32F3N7O3/c1-29(2,3)43-28(42)39-13-5-8-22(16-39)40-26-23(25(34)36-17-37-26)24(38-40)19-11-9-18(10-12-19)15-35-27(41)20-6-4-7-21(14-20)30(31,32)33/h4,6-7,9-12,14,17,22H,5,8,13,15-16H2,1-3H3,(H,35,41)(H2,34,36,37)/t22-/m1/s1. The number of aromatic nitrogens is 4. The van der Waals surface area contributed by atoms with Crippen LogP contribution in [0.1, 0.15) is 61.1 Å². The summed E-state index contributed by atoms with van der Waals surface area (Å²) in [6.07, 6.45) is -1.98. The SMILES string of the molecule is CC(C)(C)OC(=O)N1CCC[C@@H](n2nc(-c3ccc(CNC(=O)c4cccc(C(F)(F)F)c4)cc3)c3c(N)ncnc32)C1. The van der Waals surface area contributed by atoms with Gasteiger partial charge in [0, 0.05) is 30.8 Å². The van der Waals surface area contributed by atoms with Crippen LogP contribution in [-0.2, 0) is 17.5 Å². The molecule has 5 rings (SSSR count). The molecule has 1 atom stereocenters. The molecule has 0 unspecified atom stereocenters. The second kappa shape index (κ2) is 11.5. The average molecular weight is 596 g/mol. The highest BCUT2D eigenvalue weighted by atomic mass is 19.4. The van der Waals surface area contributed by atoms with E-state index < -0.39 is 23.2 Å². The van der Waals surface area contributed by atoms with E-state index in [2.05, 4.69) is 15.3 Å². The minimum atomic E-state index is -4.54. The fraction of sp³-hybridized carbons (Fsp3) is 0.367. The minimum Gasteiger partial charge on any atom is -0.444 e. The maximum atomic E-state index is 13.0. The number of ether oxygens (including phenoxy) is 1. The minimum absolute atomic E-state index is 0.0770. The molecule has 2 amide bonds. The van der Waals surface area contributed by atoms with Gasteiger partial charge in [0.15, 0.2) is 5.65 Å². The first-order chi connectivity index (χ1) is 20.3. The number of carbonyl (C=O) groups is 2. The lowest BCUT2D eigenvalue weighted by Gasteiger charge is -2.34. The molecule has 4 aromatic rings. The Labute approximate surface area is 246 Å². The van der Waals surface area contributed by atoms with Crippen LogP contribution in [0.4, 0.5) is 23.8 Å². The van der Waals surface area contributed by atoms with Crippen molar-refractivity contribution in [3.8, 4) is 11.3 Å². The van der Waals surface area contributed by atoms with Crippen LogP contribution in [-0.4, -0.2) is 55.3 Å². The predicted molar refractivity (Wildman–Crippen MR) is 154 cm³/mol. The van der Waals surface area contributed by atoms with Crippen molar-refractivity contribution in [3.63, 3.8) is 0 Å². The number of carbonyl (C=O) groups excluding carboxylic acids is 2. The van der Waals surface area contributed by atoms with Gasteiger partial charge in [-0.2, -0.15) is 18.3 Å². The van der Waals surface area contributed by atoms with Gasteiger partial charge in [-0.15, -0.1) is 0 Å². The number of piperidine rings is 1. The summed E-state index contributed by atoms with van der Waals surface area (Å²) in [6, 6.07) is 11.3. The molecule has 3 N–H and O–H groups in total. The Balaban J connectivity index is 1.35. The number of anilines is 1. The molecule has 13 heteroatoms. The normalized spacial score (nSPS) is 15.9. The van der Waals surface area contributed by atoms with E-state index in [0.29, 0.717) is 29.8 Å². The maximum Gasteiger partial charge on any atom is 0.416 e. The Morgan fingerprint density at radius 1 is 1.09 bits per heavy atom. The number of benzene rings is 2.